The number of likely N-dealkylation sites (tertiary alicyclic amines) is 1. The minimum absolute atomic E-state index is 0.0677. The molecule has 0 aromatic heterocycles. The Hall–Kier alpha value is -0.900. The summed E-state index contributed by atoms with van der Waals surface area (Å²) in [5.74, 6) is 0.321. The summed E-state index contributed by atoms with van der Waals surface area (Å²) in [6, 6.07) is 0. The normalized spacial score (nSPS) is 29.5. The molecule has 1 unspecified atom stereocenters. The molecule has 2 heterocycles. The lowest BCUT2D eigenvalue weighted by Crippen LogP contribution is -2.51. The predicted molar refractivity (Wildman–Crippen MR) is 59.0 cm³/mol. The van der Waals surface area contributed by atoms with Crippen LogP contribution in [0.2, 0.25) is 0 Å². The Morgan fingerprint density at radius 2 is 2.25 bits per heavy atom. The standard InChI is InChI=1S/C12H19NO3/c1-12(2)8-13(6-5-10(12)14)11(15)9-4-3-7-16-9/h9H,3-8H2,1-2H3. The Balaban J connectivity index is 2.00. The van der Waals surface area contributed by atoms with E-state index in [2.05, 4.69) is 0 Å². The summed E-state index contributed by atoms with van der Waals surface area (Å²) in [4.78, 5) is 25.5. The molecule has 0 aromatic rings. The van der Waals surface area contributed by atoms with Crippen molar-refractivity contribution in [2.45, 2.75) is 39.2 Å². The van der Waals surface area contributed by atoms with E-state index in [0.29, 0.717) is 26.1 Å². The number of Topliss-reactive ketones (excluding diaryl/α,β-unsaturated/α-hetero) is 1. The smallest absolute Gasteiger partial charge is 0.251 e. The van der Waals surface area contributed by atoms with Crippen LogP contribution in [0.4, 0.5) is 0 Å². The number of rotatable bonds is 1. The fraction of sp³-hybridized carbons (Fsp3) is 0.833. The lowest BCUT2D eigenvalue weighted by molar-refractivity contribution is -0.147. The fourth-order valence-corrected chi connectivity index (χ4v) is 2.38. The van der Waals surface area contributed by atoms with Crippen molar-refractivity contribution in [3.63, 3.8) is 0 Å². The van der Waals surface area contributed by atoms with Crippen LogP contribution < -0.4 is 0 Å². The predicted octanol–water partition coefficient (Wildman–Crippen LogP) is 0.993. The molecule has 2 saturated heterocycles. The molecule has 0 bridgehead atoms. The van der Waals surface area contributed by atoms with Crippen LogP contribution in [0.25, 0.3) is 0 Å². The minimum atomic E-state index is -0.396. The Kier molecular flexibility index (Phi) is 3.02. The van der Waals surface area contributed by atoms with Crippen LogP contribution in [-0.2, 0) is 14.3 Å². The highest BCUT2D eigenvalue weighted by Crippen LogP contribution is 2.27. The number of piperidine rings is 1. The highest BCUT2D eigenvalue weighted by atomic mass is 16.5. The zero-order chi connectivity index (χ0) is 11.8. The average Bonchev–Trinajstić information content (AvgIpc) is 2.74. The SMILES string of the molecule is CC1(C)CN(C(=O)C2CCCO2)CCC1=O. The third-order valence-corrected chi connectivity index (χ3v) is 3.47. The van der Waals surface area contributed by atoms with Gasteiger partial charge in [0.25, 0.3) is 5.91 Å². The highest BCUT2D eigenvalue weighted by Gasteiger charge is 2.38. The summed E-state index contributed by atoms with van der Waals surface area (Å²) in [6.07, 6.45) is 2.01. The monoisotopic (exact) mass is 225 g/mol. The van der Waals surface area contributed by atoms with E-state index in [1.54, 1.807) is 4.90 Å². The Morgan fingerprint density at radius 3 is 2.81 bits per heavy atom. The summed E-state index contributed by atoms with van der Waals surface area (Å²) in [7, 11) is 0. The van der Waals surface area contributed by atoms with Gasteiger partial charge in [-0.1, -0.05) is 13.8 Å². The maximum Gasteiger partial charge on any atom is 0.251 e. The molecule has 4 nitrogen and oxygen atoms in total. The van der Waals surface area contributed by atoms with Gasteiger partial charge >= 0.3 is 0 Å². The fourth-order valence-electron chi connectivity index (χ4n) is 2.38. The number of hydrogen-bond acceptors (Lipinski definition) is 3. The van der Waals surface area contributed by atoms with Gasteiger partial charge in [-0.15, -0.1) is 0 Å². The number of ether oxygens (including phenoxy) is 1. The number of amides is 1. The largest absolute Gasteiger partial charge is 0.368 e. The van der Waals surface area contributed by atoms with E-state index in [-0.39, 0.29) is 17.8 Å². The van der Waals surface area contributed by atoms with Crippen molar-refractivity contribution in [3.05, 3.63) is 0 Å². The van der Waals surface area contributed by atoms with E-state index >= 15 is 0 Å². The van der Waals surface area contributed by atoms with Crippen molar-refractivity contribution in [2.75, 3.05) is 19.7 Å². The maximum atomic E-state index is 12.1. The van der Waals surface area contributed by atoms with Crippen LogP contribution >= 0.6 is 0 Å². The third kappa shape index (κ3) is 2.12. The van der Waals surface area contributed by atoms with Crippen molar-refractivity contribution < 1.29 is 14.3 Å². The number of hydrogen-bond donors (Lipinski definition) is 0. The van der Waals surface area contributed by atoms with Crippen molar-refractivity contribution in [1.82, 2.24) is 4.90 Å². The van der Waals surface area contributed by atoms with E-state index in [1.165, 1.54) is 0 Å². The van der Waals surface area contributed by atoms with Crippen LogP contribution in [0.1, 0.15) is 33.1 Å². The first-order valence-corrected chi connectivity index (χ1v) is 5.94. The molecule has 1 atom stereocenters. The van der Waals surface area contributed by atoms with E-state index in [0.717, 1.165) is 12.8 Å². The number of nitrogens with zero attached hydrogens (tertiary/aromatic N) is 1. The first kappa shape index (κ1) is 11.6. The summed E-state index contributed by atoms with van der Waals surface area (Å²) >= 11 is 0. The van der Waals surface area contributed by atoms with Crippen LogP contribution in [0.3, 0.4) is 0 Å². The zero-order valence-electron chi connectivity index (χ0n) is 9.99. The van der Waals surface area contributed by atoms with Gasteiger partial charge in [-0.05, 0) is 12.8 Å². The number of carbonyl (C=O) groups excluding carboxylic acids is 2. The molecule has 2 aliphatic rings. The van der Waals surface area contributed by atoms with Gasteiger partial charge in [-0.25, -0.2) is 0 Å². The second kappa shape index (κ2) is 4.17. The molecule has 0 aliphatic carbocycles. The molecule has 0 N–H and O–H groups in total. The lowest BCUT2D eigenvalue weighted by atomic mass is 9.82. The van der Waals surface area contributed by atoms with Gasteiger partial charge in [0, 0.05) is 31.5 Å². The average molecular weight is 225 g/mol. The second-order valence-corrected chi connectivity index (χ2v) is 5.32. The Morgan fingerprint density at radius 1 is 1.50 bits per heavy atom. The Bertz CT molecular complexity index is 305. The maximum absolute atomic E-state index is 12.1. The van der Waals surface area contributed by atoms with E-state index < -0.39 is 5.41 Å². The van der Waals surface area contributed by atoms with Crippen molar-refractivity contribution in [2.24, 2.45) is 5.41 Å². The molecule has 0 spiro atoms. The number of carbonyl (C=O) groups is 2. The van der Waals surface area contributed by atoms with Gasteiger partial charge in [0.15, 0.2) is 0 Å². The molecule has 16 heavy (non-hydrogen) atoms. The molecular weight excluding hydrogens is 206 g/mol. The minimum Gasteiger partial charge on any atom is -0.368 e. The van der Waals surface area contributed by atoms with Crippen molar-refractivity contribution in [1.29, 1.82) is 0 Å². The van der Waals surface area contributed by atoms with Crippen LogP contribution in [0, 0.1) is 5.41 Å². The third-order valence-electron chi connectivity index (χ3n) is 3.47. The molecule has 2 fully saturated rings. The summed E-state index contributed by atoms with van der Waals surface area (Å²) in [6.45, 7) is 5.59. The quantitative estimate of drug-likeness (QED) is 0.668. The topological polar surface area (TPSA) is 46.6 Å². The van der Waals surface area contributed by atoms with Gasteiger partial charge in [-0.2, -0.15) is 0 Å². The van der Waals surface area contributed by atoms with E-state index in [1.807, 2.05) is 13.8 Å². The molecular formula is C12H19NO3. The second-order valence-electron chi connectivity index (χ2n) is 5.32. The van der Waals surface area contributed by atoms with E-state index in [4.69, 9.17) is 4.74 Å². The molecule has 4 heteroatoms. The first-order chi connectivity index (χ1) is 7.50. The molecule has 2 aliphatic heterocycles. The van der Waals surface area contributed by atoms with Crippen LogP contribution in [0.15, 0.2) is 0 Å². The van der Waals surface area contributed by atoms with Gasteiger partial charge in [0.1, 0.15) is 11.9 Å². The zero-order valence-corrected chi connectivity index (χ0v) is 9.99. The van der Waals surface area contributed by atoms with Crippen LogP contribution in [-0.4, -0.2) is 42.4 Å². The van der Waals surface area contributed by atoms with E-state index in [9.17, 15) is 9.59 Å². The first-order valence-electron chi connectivity index (χ1n) is 5.94. The lowest BCUT2D eigenvalue weighted by Gasteiger charge is -2.37. The van der Waals surface area contributed by atoms with Crippen molar-refractivity contribution >= 4 is 11.7 Å². The Labute approximate surface area is 95.9 Å². The van der Waals surface area contributed by atoms with Gasteiger partial charge in [0.05, 0.1) is 0 Å². The molecule has 0 aromatic carbocycles. The molecule has 2 rings (SSSR count). The van der Waals surface area contributed by atoms with Gasteiger partial charge in [-0.3, -0.25) is 9.59 Å². The summed E-state index contributed by atoms with van der Waals surface area (Å²) in [5, 5.41) is 0. The van der Waals surface area contributed by atoms with Crippen LogP contribution in [0.5, 0.6) is 0 Å². The number of ketones is 1. The van der Waals surface area contributed by atoms with Gasteiger partial charge < -0.3 is 9.64 Å². The molecule has 0 radical (unpaired) electrons. The molecule has 1 amide bonds. The van der Waals surface area contributed by atoms with Gasteiger partial charge in [0.2, 0.25) is 0 Å². The summed E-state index contributed by atoms with van der Waals surface area (Å²) < 4.78 is 5.39. The van der Waals surface area contributed by atoms with Crippen molar-refractivity contribution in [3.8, 4) is 0 Å². The summed E-state index contributed by atoms with van der Waals surface area (Å²) in [5.41, 5.74) is -0.396. The highest BCUT2D eigenvalue weighted by molar-refractivity contribution is 5.88. The molecule has 0 saturated carbocycles. The molecule has 90 valence electrons.